The summed E-state index contributed by atoms with van der Waals surface area (Å²) in [5.74, 6) is -2.02. The lowest BCUT2D eigenvalue weighted by atomic mass is 10.3. The van der Waals surface area contributed by atoms with Gasteiger partial charge in [-0.3, -0.25) is 19.0 Å². The van der Waals surface area contributed by atoms with E-state index in [-0.39, 0.29) is 16.9 Å². The molecule has 0 spiro atoms. The van der Waals surface area contributed by atoms with Crippen molar-refractivity contribution in [2.45, 2.75) is 13.0 Å². The molecule has 1 unspecified atom stereocenters. The Morgan fingerprint density at radius 3 is 2.57 bits per heavy atom. The number of aliphatic carboxylic acids is 1. The van der Waals surface area contributed by atoms with Gasteiger partial charge in [0.2, 0.25) is 0 Å². The second-order valence-corrected chi connectivity index (χ2v) is 4.82. The third-order valence-corrected chi connectivity index (χ3v) is 3.14. The van der Waals surface area contributed by atoms with Gasteiger partial charge in [-0.25, -0.2) is 4.79 Å². The van der Waals surface area contributed by atoms with E-state index in [4.69, 9.17) is 5.11 Å². The highest BCUT2D eigenvalue weighted by Gasteiger charge is 2.20. The van der Waals surface area contributed by atoms with Gasteiger partial charge in [0.15, 0.2) is 5.69 Å². The molecule has 122 valence electrons. The average Bonchev–Trinajstić information content (AvgIpc) is 3.12. The van der Waals surface area contributed by atoms with Crippen molar-refractivity contribution in [2.24, 2.45) is 7.05 Å². The first-order valence-corrected chi connectivity index (χ1v) is 6.67. The highest BCUT2D eigenvalue weighted by molar-refractivity contribution is 6.08. The third-order valence-electron chi connectivity index (χ3n) is 3.14. The summed E-state index contributed by atoms with van der Waals surface area (Å²) in [6.45, 7) is 1.45. The molecular weight excluding hydrogens is 304 g/mol. The van der Waals surface area contributed by atoms with Crippen LogP contribution in [0.25, 0.3) is 0 Å². The average molecular weight is 320 g/mol. The van der Waals surface area contributed by atoms with Gasteiger partial charge in [-0.05, 0) is 6.92 Å². The summed E-state index contributed by atoms with van der Waals surface area (Å²) in [7, 11) is 3.08. The molecule has 0 saturated carbocycles. The number of nitrogens with one attached hydrogen (secondary N) is 2. The SMILES string of the molecule is CNC(=O)c1nn(C)cc1NC(=O)c1cnn(C(C)C(=O)O)c1. The van der Waals surface area contributed by atoms with Crippen LogP contribution in [-0.2, 0) is 11.8 Å². The lowest BCUT2D eigenvalue weighted by Gasteiger charge is -2.05. The van der Waals surface area contributed by atoms with Crippen molar-refractivity contribution in [1.29, 1.82) is 0 Å². The van der Waals surface area contributed by atoms with E-state index in [1.165, 1.54) is 41.9 Å². The predicted molar refractivity (Wildman–Crippen MR) is 79.1 cm³/mol. The van der Waals surface area contributed by atoms with Crippen LogP contribution in [0.3, 0.4) is 0 Å². The molecule has 0 aliphatic rings. The Kier molecular flexibility index (Phi) is 4.44. The number of aromatic nitrogens is 4. The maximum atomic E-state index is 12.2. The fraction of sp³-hybridized carbons (Fsp3) is 0.308. The molecule has 0 aliphatic carbocycles. The number of amides is 2. The van der Waals surface area contributed by atoms with Gasteiger partial charge in [0.1, 0.15) is 6.04 Å². The highest BCUT2D eigenvalue weighted by Crippen LogP contribution is 2.15. The first-order chi connectivity index (χ1) is 10.8. The third kappa shape index (κ3) is 3.36. The molecule has 0 radical (unpaired) electrons. The van der Waals surface area contributed by atoms with E-state index in [2.05, 4.69) is 20.8 Å². The van der Waals surface area contributed by atoms with Gasteiger partial charge in [0.25, 0.3) is 11.8 Å². The number of nitrogens with zero attached hydrogens (tertiary/aromatic N) is 4. The molecule has 3 N–H and O–H groups in total. The normalized spacial score (nSPS) is 11.8. The number of hydrogen-bond acceptors (Lipinski definition) is 5. The van der Waals surface area contributed by atoms with Crippen LogP contribution in [0.4, 0.5) is 5.69 Å². The van der Waals surface area contributed by atoms with Crippen LogP contribution in [0.15, 0.2) is 18.6 Å². The molecule has 1 atom stereocenters. The van der Waals surface area contributed by atoms with Gasteiger partial charge in [-0.15, -0.1) is 0 Å². The molecule has 2 rings (SSSR count). The van der Waals surface area contributed by atoms with E-state index >= 15 is 0 Å². The van der Waals surface area contributed by atoms with E-state index in [0.717, 1.165) is 0 Å². The van der Waals surface area contributed by atoms with Gasteiger partial charge in [0, 0.05) is 26.5 Å². The Labute approximate surface area is 131 Å². The number of carbonyl (C=O) groups is 3. The van der Waals surface area contributed by atoms with Crippen LogP contribution in [0.5, 0.6) is 0 Å². The smallest absolute Gasteiger partial charge is 0.328 e. The van der Waals surface area contributed by atoms with Crippen LogP contribution in [-0.4, -0.2) is 49.5 Å². The number of carboxylic acids is 1. The van der Waals surface area contributed by atoms with Crippen molar-refractivity contribution in [3.05, 3.63) is 29.8 Å². The predicted octanol–water partition coefficient (Wildman–Crippen LogP) is -0.126. The van der Waals surface area contributed by atoms with Gasteiger partial charge < -0.3 is 15.7 Å². The number of anilines is 1. The van der Waals surface area contributed by atoms with Crippen molar-refractivity contribution >= 4 is 23.5 Å². The summed E-state index contributed by atoms with van der Waals surface area (Å²) in [5.41, 5.74) is 0.496. The zero-order chi connectivity index (χ0) is 17.1. The minimum Gasteiger partial charge on any atom is -0.480 e. The number of hydrogen-bond donors (Lipinski definition) is 3. The summed E-state index contributed by atoms with van der Waals surface area (Å²) in [5, 5.41) is 21.8. The number of aryl methyl sites for hydroxylation is 1. The maximum Gasteiger partial charge on any atom is 0.328 e. The lowest BCUT2D eigenvalue weighted by molar-refractivity contribution is -0.140. The minimum absolute atomic E-state index is 0.0784. The van der Waals surface area contributed by atoms with Crippen molar-refractivity contribution in [3.63, 3.8) is 0 Å². The molecule has 2 aromatic heterocycles. The Morgan fingerprint density at radius 2 is 1.96 bits per heavy atom. The zero-order valence-electron chi connectivity index (χ0n) is 12.8. The van der Waals surface area contributed by atoms with Gasteiger partial charge >= 0.3 is 5.97 Å². The molecule has 0 saturated heterocycles. The van der Waals surface area contributed by atoms with Crippen LogP contribution in [0, 0.1) is 0 Å². The molecule has 0 fully saturated rings. The highest BCUT2D eigenvalue weighted by atomic mass is 16.4. The van der Waals surface area contributed by atoms with E-state index in [1.54, 1.807) is 7.05 Å². The summed E-state index contributed by atoms with van der Waals surface area (Å²) >= 11 is 0. The molecule has 0 bridgehead atoms. The topological polar surface area (TPSA) is 131 Å². The maximum absolute atomic E-state index is 12.2. The monoisotopic (exact) mass is 320 g/mol. The van der Waals surface area contributed by atoms with E-state index in [0.29, 0.717) is 0 Å². The van der Waals surface area contributed by atoms with E-state index in [9.17, 15) is 14.4 Å². The van der Waals surface area contributed by atoms with E-state index < -0.39 is 23.8 Å². The zero-order valence-corrected chi connectivity index (χ0v) is 12.8. The fourth-order valence-corrected chi connectivity index (χ4v) is 1.84. The molecule has 10 heteroatoms. The van der Waals surface area contributed by atoms with Gasteiger partial charge in [-0.2, -0.15) is 10.2 Å². The van der Waals surface area contributed by atoms with Crippen molar-refractivity contribution in [2.75, 3.05) is 12.4 Å². The Hall–Kier alpha value is -3.17. The first kappa shape index (κ1) is 16.2. The summed E-state index contributed by atoms with van der Waals surface area (Å²) in [6.07, 6.45) is 4.07. The largest absolute Gasteiger partial charge is 0.480 e. The number of carbonyl (C=O) groups excluding carboxylic acids is 2. The molecule has 10 nitrogen and oxygen atoms in total. The minimum atomic E-state index is -1.06. The fourth-order valence-electron chi connectivity index (χ4n) is 1.84. The Bertz CT molecular complexity index is 762. The quantitative estimate of drug-likeness (QED) is 0.703. The summed E-state index contributed by atoms with van der Waals surface area (Å²) < 4.78 is 2.57. The second kappa shape index (κ2) is 6.30. The molecule has 0 aromatic carbocycles. The van der Waals surface area contributed by atoms with Crippen molar-refractivity contribution in [1.82, 2.24) is 24.9 Å². The number of rotatable bonds is 5. The molecule has 2 aromatic rings. The second-order valence-electron chi connectivity index (χ2n) is 4.82. The van der Waals surface area contributed by atoms with Gasteiger partial charge in [0.05, 0.1) is 17.4 Å². The molecular formula is C13H16N6O4. The summed E-state index contributed by atoms with van der Waals surface area (Å²) in [6, 6.07) is -0.892. The molecule has 2 heterocycles. The molecule has 23 heavy (non-hydrogen) atoms. The lowest BCUT2D eigenvalue weighted by Crippen LogP contribution is -2.21. The summed E-state index contributed by atoms with van der Waals surface area (Å²) in [4.78, 5) is 34.8. The van der Waals surface area contributed by atoms with Crippen LogP contribution in [0.1, 0.15) is 33.8 Å². The van der Waals surface area contributed by atoms with Crippen LogP contribution < -0.4 is 10.6 Å². The molecule has 0 aliphatic heterocycles. The van der Waals surface area contributed by atoms with Crippen molar-refractivity contribution in [3.8, 4) is 0 Å². The number of carboxylic acid groups (broad SMARTS) is 1. The van der Waals surface area contributed by atoms with Gasteiger partial charge in [-0.1, -0.05) is 0 Å². The van der Waals surface area contributed by atoms with Crippen molar-refractivity contribution < 1.29 is 19.5 Å². The first-order valence-electron chi connectivity index (χ1n) is 6.67. The Morgan fingerprint density at radius 1 is 1.26 bits per heavy atom. The van der Waals surface area contributed by atoms with E-state index in [1.807, 2.05) is 0 Å². The van der Waals surface area contributed by atoms with Crippen LogP contribution >= 0.6 is 0 Å². The Balaban J connectivity index is 2.20. The standard InChI is InChI=1S/C13H16N6O4/c1-7(13(22)23)19-5-8(4-15-19)11(20)16-9-6-18(3)17-10(9)12(21)14-2/h4-7H,1-3H3,(H,14,21)(H,16,20)(H,22,23). The molecule has 2 amide bonds. The van der Waals surface area contributed by atoms with Crippen LogP contribution in [0.2, 0.25) is 0 Å².